The van der Waals surface area contributed by atoms with E-state index in [0.29, 0.717) is 6.54 Å². The minimum Gasteiger partial charge on any atom is -0.396 e. The highest BCUT2D eigenvalue weighted by atomic mass is 19.1. The van der Waals surface area contributed by atoms with Crippen LogP contribution < -0.4 is 5.32 Å². The normalized spacial score (nSPS) is 19.6. The number of hydrogen-bond donors (Lipinski definition) is 2. The molecule has 2 nitrogen and oxygen atoms in total. The summed E-state index contributed by atoms with van der Waals surface area (Å²) in [6, 6.07) is 3.51. The molecule has 0 bridgehead atoms. The van der Waals surface area contributed by atoms with Crippen molar-refractivity contribution in [2.24, 2.45) is 5.41 Å². The summed E-state index contributed by atoms with van der Waals surface area (Å²) in [6.45, 7) is 2.48. The molecule has 2 rings (SSSR count). The van der Waals surface area contributed by atoms with Crippen LogP contribution in [0.15, 0.2) is 18.2 Å². The van der Waals surface area contributed by atoms with E-state index in [0.717, 1.165) is 25.7 Å². The van der Waals surface area contributed by atoms with Gasteiger partial charge in [-0.3, -0.25) is 0 Å². The number of rotatable bonds is 5. The van der Waals surface area contributed by atoms with E-state index in [1.807, 2.05) is 0 Å². The number of nitrogens with one attached hydrogen (secondary N) is 1. The summed E-state index contributed by atoms with van der Waals surface area (Å²) in [4.78, 5) is 0. The predicted octanol–water partition coefficient (Wildman–Crippen LogP) is 3.17. The SMILES string of the molecule is CC(NCC1(CO)CCCC1)c1c(F)cccc1F. The third-order valence-electron chi connectivity index (χ3n) is 4.22. The summed E-state index contributed by atoms with van der Waals surface area (Å²) < 4.78 is 27.3. The average Bonchev–Trinajstić information content (AvgIpc) is 2.86. The molecule has 4 heteroatoms. The molecule has 1 aliphatic carbocycles. The Morgan fingerprint density at radius 1 is 1.26 bits per heavy atom. The molecule has 1 unspecified atom stereocenters. The third kappa shape index (κ3) is 3.12. The van der Waals surface area contributed by atoms with Crippen molar-refractivity contribution in [2.75, 3.05) is 13.2 Å². The predicted molar refractivity (Wildman–Crippen MR) is 70.8 cm³/mol. The quantitative estimate of drug-likeness (QED) is 0.860. The van der Waals surface area contributed by atoms with Gasteiger partial charge in [0.1, 0.15) is 11.6 Å². The van der Waals surface area contributed by atoms with Crippen molar-refractivity contribution < 1.29 is 13.9 Å². The Kier molecular flexibility index (Phi) is 4.53. The fraction of sp³-hybridized carbons (Fsp3) is 0.600. The number of aliphatic hydroxyl groups is 1. The lowest BCUT2D eigenvalue weighted by atomic mass is 9.87. The van der Waals surface area contributed by atoms with Gasteiger partial charge in [0.2, 0.25) is 0 Å². The number of halogens is 2. The molecular weight excluding hydrogens is 248 g/mol. The Hall–Kier alpha value is -1.00. The van der Waals surface area contributed by atoms with Gasteiger partial charge in [0.25, 0.3) is 0 Å². The zero-order valence-corrected chi connectivity index (χ0v) is 11.3. The van der Waals surface area contributed by atoms with Gasteiger partial charge in [0, 0.05) is 30.2 Å². The number of hydrogen-bond acceptors (Lipinski definition) is 2. The second-order valence-electron chi connectivity index (χ2n) is 5.60. The molecule has 0 saturated heterocycles. The van der Waals surface area contributed by atoms with E-state index in [4.69, 9.17) is 0 Å². The minimum absolute atomic E-state index is 0.0774. The molecule has 0 aliphatic heterocycles. The minimum atomic E-state index is -0.524. The Morgan fingerprint density at radius 3 is 2.37 bits per heavy atom. The van der Waals surface area contributed by atoms with Gasteiger partial charge in [-0.15, -0.1) is 0 Å². The fourth-order valence-electron chi connectivity index (χ4n) is 2.91. The fourth-order valence-corrected chi connectivity index (χ4v) is 2.91. The van der Waals surface area contributed by atoms with E-state index in [1.165, 1.54) is 18.2 Å². The number of benzene rings is 1. The maximum absolute atomic E-state index is 13.6. The molecule has 0 amide bonds. The van der Waals surface area contributed by atoms with Crippen molar-refractivity contribution in [3.63, 3.8) is 0 Å². The molecule has 19 heavy (non-hydrogen) atoms. The summed E-state index contributed by atoms with van der Waals surface area (Å²) >= 11 is 0. The summed E-state index contributed by atoms with van der Waals surface area (Å²) in [5.41, 5.74) is -0.0377. The van der Waals surface area contributed by atoms with Crippen LogP contribution in [0.3, 0.4) is 0 Å². The molecule has 106 valence electrons. The van der Waals surface area contributed by atoms with Crippen molar-refractivity contribution in [1.29, 1.82) is 0 Å². The summed E-state index contributed by atoms with van der Waals surface area (Å²) in [7, 11) is 0. The first-order valence-corrected chi connectivity index (χ1v) is 6.86. The second kappa shape index (κ2) is 5.97. The second-order valence-corrected chi connectivity index (χ2v) is 5.60. The molecule has 0 radical (unpaired) electrons. The van der Waals surface area contributed by atoms with Crippen molar-refractivity contribution >= 4 is 0 Å². The van der Waals surface area contributed by atoms with Gasteiger partial charge in [-0.05, 0) is 31.9 Å². The highest BCUT2D eigenvalue weighted by molar-refractivity contribution is 5.22. The smallest absolute Gasteiger partial charge is 0.130 e. The van der Waals surface area contributed by atoms with Crippen LogP contribution in [0, 0.1) is 17.0 Å². The molecule has 0 spiro atoms. The van der Waals surface area contributed by atoms with E-state index in [1.54, 1.807) is 6.92 Å². The van der Waals surface area contributed by atoms with Gasteiger partial charge in [-0.1, -0.05) is 18.9 Å². The highest BCUT2D eigenvalue weighted by Gasteiger charge is 2.33. The molecule has 1 saturated carbocycles. The summed E-state index contributed by atoms with van der Waals surface area (Å²) in [5.74, 6) is -1.05. The monoisotopic (exact) mass is 269 g/mol. The summed E-state index contributed by atoms with van der Waals surface area (Å²) in [5, 5.41) is 12.7. The molecule has 1 aromatic carbocycles. The van der Waals surface area contributed by atoms with E-state index in [2.05, 4.69) is 5.32 Å². The van der Waals surface area contributed by atoms with Crippen LogP contribution in [-0.4, -0.2) is 18.3 Å². The van der Waals surface area contributed by atoms with Crippen molar-refractivity contribution in [2.45, 2.75) is 38.6 Å². The van der Waals surface area contributed by atoms with Crippen LogP contribution >= 0.6 is 0 Å². The van der Waals surface area contributed by atoms with Gasteiger partial charge in [-0.25, -0.2) is 8.78 Å². The van der Waals surface area contributed by atoms with Gasteiger partial charge < -0.3 is 10.4 Å². The Bertz CT molecular complexity index is 410. The zero-order chi connectivity index (χ0) is 13.9. The molecule has 0 heterocycles. The van der Waals surface area contributed by atoms with Crippen LogP contribution in [0.5, 0.6) is 0 Å². The first-order valence-electron chi connectivity index (χ1n) is 6.86. The Morgan fingerprint density at radius 2 is 1.84 bits per heavy atom. The first-order chi connectivity index (χ1) is 9.08. The number of aliphatic hydroxyl groups excluding tert-OH is 1. The Labute approximate surface area is 112 Å². The van der Waals surface area contributed by atoms with Gasteiger partial charge in [-0.2, -0.15) is 0 Å². The maximum atomic E-state index is 13.6. The van der Waals surface area contributed by atoms with E-state index < -0.39 is 17.7 Å². The van der Waals surface area contributed by atoms with Crippen LogP contribution in [0.25, 0.3) is 0 Å². The first kappa shape index (κ1) is 14.4. The maximum Gasteiger partial charge on any atom is 0.130 e. The van der Waals surface area contributed by atoms with Gasteiger partial charge in [0.15, 0.2) is 0 Å². The lowest BCUT2D eigenvalue weighted by Crippen LogP contribution is -2.36. The topological polar surface area (TPSA) is 32.3 Å². The molecule has 1 aromatic rings. The molecule has 2 N–H and O–H groups in total. The third-order valence-corrected chi connectivity index (χ3v) is 4.22. The Balaban J connectivity index is 2.03. The van der Waals surface area contributed by atoms with Crippen LogP contribution in [0.1, 0.15) is 44.2 Å². The van der Waals surface area contributed by atoms with Crippen LogP contribution in [-0.2, 0) is 0 Å². The highest BCUT2D eigenvalue weighted by Crippen LogP contribution is 2.37. The van der Waals surface area contributed by atoms with Crippen molar-refractivity contribution in [3.8, 4) is 0 Å². The molecular formula is C15H21F2NO. The van der Waals surface area contributed by atoms with Crippen LogP contribution in [0.4, 0.5) is 8.78 Å². The lowest BCUT2D eigenvalue weighted by Gasteiger charge is -2.29. The largest absolute Gasteiger partial charge is 0.396 e. The van der Waals surface area contributed by atoms with Crippen molar-refractivity contribution in [1.82, 2.24) is 5.32 Å². The molecule has 1 atom stereocenters. The standard InChI is InChI=1S/C15H21F2NO/c1-11(14-12(16)5-4-6-13(14)17)18-9-15(10-19)7-2-3-8-15/h4-6,11,18-19H,2-3,7-10H2,1H3. The summed E-state index contributed by atoms with van der Waals surface area (Å²) in [6.07, 6.45) is 4.18. The molecule has 0 aromatic heterocycles. The van der Waals surface area contributed by atoms with E-state index in [-0.39, 0.29) is 17.6 Å². The van der Waals surface area contributed by atoms with Gasteiger partial charge in [0.05, 0.1) is 0 Å². The zero-order valence-electron chi connectivity index (χ0n) is 11.3. The van der Waals surface area contributed by atoms with E-state index in [9.17, 15) is 13.9 Å². The van der Waals surface area contributed by atoms with Crippen LogP contribution in [0.2, 0.25) is 0 Å². The lowest BCUT2D eigenvalue weighted by molar-refractivity contribution is 0.125. The van der Waals surface area contributed by atoms with Gasteiger partial charge >= 0.3 is 0 Å². The van der Waals surface area contributed by atoms with E-state index >= 15 is 0 Å². The average molecular weight is 269 g/mol. The van der Waals surface area contributed by atoms with Crippen molar-refractivity contribution in [3.05, 3.63) is 35.4 Å². The molecule has 1 aliphatic rings. The molecule has 1 fully saturated rings.